The molecule has 0 unspecified atom stereocenters. The third-order valence-corrected chi connectivity index (χ3v) is 6.88. The number of carbonyl (C=O) groups excluding carboxylic acids is 1. The number of urea groups is 1. The van der Waals surface area contributed by atoms with Crippen molar-refractivity contribution in [2.45, 2.75) is 58.4 Å². The van der Waals surface area contributed by atoms with Crippen molar-refractivity contribution >= 4 is 11.7 Å². The summed E-state index contributed by atoms with van der Waals surface area (Å²) < 4.78 is 7.33. The minimum absolute atomic E-state index is 0.00182. The summed E-state index contributed by atoms with van der Waals surface area (Å²) in [5.41, 5.74) is 1.94. The number of ether oxygens (including phenoxy) is 1. The van der Waals surface area contributed by atoms with Crippen LogP contribution in [0, 0.1) is 11.3 Å². The van der Waals surface area contributed by atoms with Crippen LogP contribution in [-0.2, 0) is 6.42 Å². The lowest BCUT2D eigenvalue weighted by Gasteiger charge is -2.37. The van der Waals surface area contributed by atoms with E-state index in [1.165, 1.54) is 19.3 Å². The van der Waals surface area contributed by atoms with E-state index >= 15 is 0 Å². The van der Waals surface area contributed by atoms with Crippen molar-refractivity contribution in [3.8, 4) is 5.75 Å². The van der Waals surface area contributed by atoms with Gasteiger partial charge in [0.05, 0.1) is 13.2 Å². The monoisotopic (exact) mass is 449 g/mol. The van der Waals surface area contributed by atoms with Gasteiger partial charge in [-0.2, -0.15) is 0 Å². The Hall–Kier alpha value is -3.09. The Labute approximate surface area is 195 Å². The van der Waals surface area contributed by atoms with Crippen molar-refractivity contribution in [1.29, 1.82) is 0 Å². The molecule has 1 fully saturated rings. The van der Waals surface area contributed by atoms with Crippen LogP contribution in [-0.4, -0.2) is 34.3 Å². The van der Waals surface area contributed by atoms with Crippen LogP contribution in [0.25, 0.3) is 5.65 Å². The van der Waals surface area contributed by atoms with Crippen LogP contribution in [0.4, 0.5) is 4.79 Å². The van der Waals surface area contributed by atoms with Crippen LogP contribution < -0.4 is 15.4 Å². The summed E-state index contributed by atoms with van der Waals surface area (Å²) in [6.07, 6.45) is 8.61. The molecule has 176 valence electrons. The van der Waals surface area contributed by atoms with Gasteiger partial charge in [0.1, 0.15) is 11.6 Å². The Morgan fingerprint density at radius 2 is 1.85 bits per heavy atom. The van der Waals surface area contributed by atoms with E-state index in [0.29, 0.717) is 6.54 Å². The predicted molar refractivity (Wildman–Crippen MR) is 129 cm³/mol. The molecule has 33 heavy (non-hydrogen) atoms. The van der Waals surface area contributed by atoms with Gasteiger partial charge in [0, 0.05) is 19.2 Å². The molecule has 0 aliphatic heterocycles. The molecule has 2 N–H and O–H groups in total. The Bertz CT molecular complexity index is 1050. The molecule has 4 rings (SSSR count). The molecule has 1 aliphatic rings. The number of amides is 2. The molecule has 0 bridgehead atoms. The topological polar surface area (TPSA) is 80.5 Å². The van der Waals surface area contributed by atoms with E-state index in [2.05, 4.69) is 39.1 Å². The van der Waals surface area contributed by atoms with Crippen molar-refractivity contribution in [3.05, 3.63) is 60.0 Å². The Kier molecular flexibility index (Phi) is 7.16. The van der Waals surface area contributed by atoms with Crippen molar-refractivity contribution in [2.24, 2.45) is 11.3 Å². The molecule has 1 atom stereocenters. The number of benzene rings is 1. The van der Waals surface area contributed by atoms with Gasteiger partial charge in [0.15, 0.2) is 5.65 Å². The number of hydrogen-bond donors (Lipinski definition) is 2. The number of nitrogens with one attached hydrogen (secondary N) is 2. The number of pyridine rings is 1. The molecule has 1 aromatic carbocycles. The highest BCUT2D eigenvalue weighted by Crippen LogP contribution is 2.38. The van der Waals surface area contributed by atoms with E-state index in [0.717, 1.165) is 42.0 Å². The van der Waals surface area contributed by atoms with E-state index in [1.807, 2.05) is 48.7 Å². The van der Waals surface area contributed by atoms with Crippen molar-refractivity contribution < 1.29 is 9.53 Å². The molecule has 0 spiro atoms. The Morgan fingerprint density at radius 1 is 1.09 bits per heavy atom. The van der Waals surface area contributed by atoms with E-state index in [4.69, 9.17) is 4.74 Å². The average Bonchev–Trinajstić information content (AvgIpc) is 3.24. The number of aromatic nitrogens is 3. The molecule has 2 aromatic heterocycles. The van der Waals surface area contributed by atoms with Crippen molar-refractivity contribution in [2.75, 3.05) is 13.7 Å². The highest BCUT2D eigenvalue weighted by molar-refractivity contribution is 5.74. The van der Waals surface area contributed by atoms with Gasteiger partial charge in [0.2, 0.25) is 0 Å². The Morgan fingerprint density at radius 3 is 2.55 bits per heavy atom. The van der Waals surface area contributed by atoms with Crippen LogP contribution in [0.2, 0.25) is 0 Å². The predicted octanol–water partition coefficient (Wildman–Crippen LogP) is 4.93. The number of methoxy groups -OCH3 is 1. The summed E-state index contributed by atoms with van der Waals surface area (Å²) in [5, 5.41) is 15.2. The van der Waals surface area contributed by atoms with Gasteiger partial charge in [-0.15, -0.1) is 10.2 Å². The summed E-state index contributed by atoms with van der Waals surface area (Å²) in [4.78, 5) is 13.0. The first-order valence-corrected chi connectivity index (χ1v) is 12.0. The first-order valence-electron chi connectivity index (χ1n) is 12.0. The number of rotatable bonds is 8. The second-order valence-electron chi connectivity index (χ2n) is 9.60. The lowest BCUT2D eigenvalue weighted by atomic mass is 9.71. The van der Waals surface area contributed by atoms with Gasteiger partial charge in [-0.25, -0.2) is 4.79 Å². The summed E-state index contributed by atoms with van der Waals surface area (Å²) in [5.74, 6) is 2.04. The smallest absolute Gasteiger partial charge is 0.315 e. The molecule has 0 saturated heterocycles. The summed E-state index contributed by atoms with van der Waals surface area (Å²) in [6.45, 7) is 4.87. The van der Waals surface area contributed by atoms with Gasteiger partial charge >= 0.3 is 6.03 Å². The SMILES string of the molecule is COc1ccc([C@@H](NC(=O)NCC2(Cc3nnc4ccccn34)CCCCC2)C(C)C)cc1. The summed E-state index contributed by atoms with van der Waals surface area (Å²) in [6, 6.07) is 13.7. The van der Waals surface area contributed by atoms with Crippen LogP contribution in [0.5, 0.6) is 5.75 Å². The number of carbonyl (C=O) groups is 1. The molecule has 7 heteroatoms. The van der Waals surface area contributed by atoms with Gasteiger partial charge in [0.25, 0.3) is 0 Å². The molecular formula is C26H35N5O2. The normalized spacial score (nSPS) is 16.5. The Balaban J connectivity index is 1.44. The highest BCUT2D eigenvalue weighted by atomic mass is 16.5. The number of fused-ring (bicyclic) bond motifs is 1. The lowest BCUT2D eigenvalue weighted by molar-refractivity contribution is 0.173. The summed E-state index contributed by atoms with van der Waals surface area (Å²) >= 11 is 0. The third-order valence-electron chi connectivity index (χ3n) is 6.88. The largest absolute Gasteiger partial charge is 0.497 e. The maximum absolute atomic E-state index is 13.0. The molecule has 0 radical (unpaired) electrons. The van der Waals surface area contributed by atoms with E-state index in [-0.39, 0.29) is 23.4 Å². The van der Waals surface area contributed by atoms with Crippen molar-refractivity contribution in [3.63, 3.8) is 0 Å². The zero-order chi connectivity index (χ0) is 23.3. The van der Waals surface area contributed by atoms with E-state index in [1.54, 1.807) is 7.11 Å². The van der Waals surface area contributed by atoms with Gasteiger partial charge in [-0.1, -0.05) is 51.3 Å². The minimum atomic E-state index is -0.124. The molecule has 2 amide bonds. The quantitative estimate of drug-likeness (QED) is 0.511. The maximum Gasteiger partial charge on any atom is 0.315 e. The fourth-order valence-electron chi connectivity index (χ4n) is 4.97. The van der Waals surface area contributed by atoms with Gasteiger partial charge in [-0.05, 0) is 54.0 Å². The average molecular weight is 450 g/mol. The molecular weight excluding hydrogens is 414 g/mol. The third kappa shape index (κ3) is 5.46. The number of hydrogen-bond acceptors (Lipinski definition) is 4. The van der Waals surface area contributed by atoms with Crippen LogP contribution in [0.15, 0.2) is 48.7 Å². The fourth-order valence-corrected chi connectivity index (χ4v) is 4.97. The second-order valence-corrected chi connectivity index (χ2v) is 9.60. The summed E-state index contributed by atoms with van der Waals surface area (Å²) in [7, 11) is 1.66. The fraction of sp³-hybridized carbons (Fsp3) is 0.500. The lowest BCUT2D eigenvalue weighted by Crippen LogP contribution is -2.46. The number of nitrogens with zero attached hydrogens (tertiary/aromatic N) is 3. The van der Waals surface area contributed by atoms with Gasteiger partial charge < -0.3 is 15.4 Å². The minimum Gasteiger partial charge on any atom is -0.497 e. The molecule has 7 nitrogen and oxygen atoms in total. The van der Waals surface area contributed by atoms with Gasteiger partial charge in [-0.3, -0.25) is 4.40 Å². The van der Waals surface area contributed by atoms with Crippen molar-refractivity contribution in [1.82, 2.24) is 25.2 Å². The maximum atomic E-state index is 13.0. The first kappa shape index (κ1) is 23.1. The van der Waals surface area contributed by atoms with Crippen LogP contribution in [0.3, 0.4) is 0 Å². The zero-order valence-electron chi connectivity index (χ0n) is 19.9. The standard InChI is InChI=1S/C26H35N5O2/c1-19(2)24(20-10-12-21(33-3)13-11-20)28-25(32)27-18-26(14-6-4-7-15-26)17-23-30-29-22-9-5-8-16-31(22)23/h5,8-13,16,19,24H,4,6-7,14-15,17-18H2,1-3H3,(H2,27,28,32)/t24-/m0/s1. The van der Waals surface area contributed by atoms with E-state index in [9.17, 15) is 4.79 Å². The zero-order valence-corrected chi connectivity index (χ0v) is 19.9. The highest BCUT2D eigenvalue weighted by Gasteiger charge is 2.34. The van der Waals surface area contributed by atoms with Crippen LogP contribution in [0.1, 0.15) is 63.4 Å². The molecule has 3 aromatic rings. The molecule has 1 saturated carbocycles. The van der Waals surface area contributed by atoms with Crippen LogP contribution >= 0.6 is 0 Å². The van der Waals surface area contributed by atoms with E-state index < -0.39 is 0 Å². The first-order chi connectivity index (χ1) is 16.0. The second kappa shape index (κ2) is 10.2. The molecule has 1 aliphatic carbocycles. The molecule has 2 heterocycles.